The van der Waals surface area contributed by atoms with Gasteiger partial charge >= 0.3 is 5.69 Å². The number of fused-ring (bicyclic) bond motifs is 1. The maximum absolute atomic E-state index is 11.4. The molecule has 1 aromatic carbocycles. The Morgan fingerprint density at radius 1 is 1.25 bits per heavy atom. The van der Waals surface area contributed by atoms with Gasteiger partial charge in [0.25, 0.3) is 5.56 Å². The molecule has 0 aliphatic heterocycles. The molecule has 0 spiro atoms. The fraction of sp³-hybridized carbons (Fsp3) is 0.200. The van der Waals surface area contributed by atoms with Gasteiger partial charge in [0, 0.05) is 6.07 Å². The standard InChI is InChI=1S/C10H9ClN2O3/c11-3-4-16-6-1-2-7-8(5-6)12-10(15)13-9(7)14/h1-2,5H,3-4H2,(H2,12,13,14,15). The highest BCUT2D eigenvalue weighted by Crippen LogP contribution is 2.15. The van der Waals surface area contributed by atoms with E-state index in [1.54, 1.807) is 18.2 Å². The third kappa shape index (κ3) is 2.09. The first-order valence-electron chi connectivity index (χ1n) is 4.66. The van der Waals surface area contributed by atoms with E-state index >= 15 is 0 Å². The Balaban J connectivity index is 2.53. The number of hydrogen-bond acceptors (Lipinski definition) is 3. The lowest BCUT2D eigenvalue weighted by molar-refractivity contribution is 0.343. The van der Waals surface area contributed by atoms with Crippen LogP contribution in [0.25, 0.3) is 10.9 Å². The van der Waals surface area contributed by atoms with Crippen LogP contribution in [0.2, 0.25) is 0 Å². The molecule has 0 aliphatic rings. The molecule has 0 amide bonds. The number of benzene rings is 1. The SMILES string of the molecule is O=c1[nH]c(=O)c2ccc(OCCCl)cc2[nH]1. The van der Waals surface area contributed by atoms with Crippen molar-refractivity contribution in [3.8, 4) is 5.75 Å². The third-order valence-electron chi connectivity index (χ3n) is 2.06. The zero-order valence-electron chi connectivity index (χ0n) is 8.25. The highest BCUT2D eigenvalue weighted by atomic mass is 35.5. The highest BCUT2D eigenvalue weighted by molar-refractivity contribution is 6.18. The van der Waals surface area contributed by atoms with Crippen LogP contribution >= 0.6 is 11.6 Å². The van der Waals surface area contributed by atoms with Gasteiger partial charge in [-0.3, -0.25) is 9.78 Å². The van der Waals surface area contributed by atoms with E-state index in [9.17, 15) is 9.59 Å². The first-order chi connectivity index (χ1) is 7.70. The Bertz CT molecular complexity index is 617. The molecule has 2 aromatic rings. The molecule has 2 N–H and O–H groups in total. The van der Waals surface area contributed by atoms with E-state index in [1.807, 2.05) is 0 Å². The van der Waals surface area contributed by atoms with Gasteiger partial charge in [0.1, 0.15) is 12.4 Å². The maximum atomic E-state index is 11.4. The third-order valence-corrected chi connectivity index (χ3v) is 2.21. The minimum Gasteiger partial charge on any atom is -0.492 e. The van der Waals surface area contributed by atoms with Gasteiger partial charge in [-0.1, -0.05) is 0 Å². The molecular weight excluding hydrogens is 232 g/mol. The molecule has 0 radical (unpaired) electrons. The summed E-state index contributed by atoms with van der Waals surface area (Å²) in [7, 11) is 0. The number of halogens is 1. The summed E-state index contributed by atoms with van der Waals surface area (Å²) < 4.78 is 5.28. The number of H-pyrrole nitrogens is 2. The monoisotopic (exact) mass is 240 g/mol. The van der Waals surface area contributed by atoms with E-state index in [0.29, 0.717) is 29.1 Å². The van der Waals surface area contributed by atoms with Crippen molar-refractivity contribution in [2.45, 2.75) is 0 Å². The maximum Gasteiger partial charge on any atom is 0.326 e. The number of rotatable bonds is 3. The Kier molecular flexibility index (Phi) is 2.96. The molecule has 0 aliphatic carbocycles. The van der Waals surface area contributed by atoms with Crippen molar-refractivity contribution in [1.82, 2.24) is 9.97 Å². The first kappa shape index (κ1) is 10.8. The van der Waals surface area contributed by atoms with Crippen molar-refractivity contribution in [2.75, 3.05) is 12.5 Å². The number of alkyl halides is 1. The van der Waals surface area contributed by atoms with E-state index in [-0.39, 0.29) is 0 Å². The molecule has 84 valence electrons. The molecule has 0 bridgehead atoms. The molecule has 2 rings (SSSR count). The summed E-state index contributed by atoms with van der Waals surface area (Å²) in [6, 6.07) is 4.84. The van der Waals surface area contributed by atoms with Gasteiger partial charge in [0.05, 0.1) is 16.8 Å². The summed E-state index contributed by atoms with van der Waals surface area (Å²) in [5.74, 6) is 0.943. The van der Waals surface area contributed by atoms with Crippen LogP contribution in [0, 0.1) is 0 Å². The zero-order valence-corrected chi connectivity index (χ0v) is 9.00. The second kappa shape index (κ2) is 4.40. The Hall–Kier alpha value is -1.75. The minimum absolute atomic E-state index is 0.375. The lowest BCUT2D eigenvalue weighted by Crippen LogP contribution is -2.21. The Morgan fingerprint density at radius 3 is 2.81 bits per heavy atom. The van der Waals surface area contributed by atoms with Crippen LogP contribution < -0.4 is 16.0 Å². The highest BCUT2D eigenvalue weighted by Gasteiger charge is 2.02. The van der Waals surface area contributed by atoms with Crippen LogP contribution in [0.4, 0.5) is 0 Å². The van der Waals surface area contributed by atoms with E-state index in [0.717, 1.165) is 0 Å². The molecule has 0 atom stereocenters. The topological polar surface area (TPSA) is 74.9 Å². The van der Waals surface area contributed by atoms with Crippen LogP contribution in [0.5, 0.6) is 5.75 Å². The van der Waals surface area contributed by atoms with Crippen molar-refractivity contribution in [3.63, 3.8) is 0 Å². The Morgan fingerprint density at radius 2 is 2.06 bits per heavy atom. The molecule has 0 unspecified atom stereocenters. The lowest BCUT2D eigenvalue weighted by Gasteiger charge is -2.04. The van der Waals surface area contributed by atoms with Gasteiger partial charge in [-0.25, -0.2) is 4.79 Å². The van der Waals surface area contributed by atoms with E-state index in [4.69, 9.17) is 16.3 Å². The predicted molar refractivity (Wildman–Crippen MR) is 61.4 cm³/mol. The van der Waals surface area contributed by atoms with E-state index in [2.05, 4.69) is 9.97 Å². The van der Waals surface area contributed by atoms with Crippen LogP contribution in [0.3, 0.4) is 0 Å². The van der Waals surface area contributed by atoms with Gasteiger partial charge < -0.3 is 9.72 Å². The fourth-order valence-corrected chi connectivity index (χ4v) is 1.47. The van der Waals surface area contributed by atoms with Crippen molar-refractivity contribution >= 4 is 22.5 Å². The quantitative estimate of drug-likeness (QED) is 0.781. The van der Waals surface area contributed by atoms with Gasteiger partial charge in [-0.05, 0) is 12.1 Å². The minimum atomic E-state index is -0.535. The summed E-state index contributed by atoms with van der Waals surface area (Å²) in [5.41, 5.74) is -0.504. The molecule has 6 heteroatoms. The average Bonchev–Trinajstić information content (AvgIpc) is 2.25. The molecule has 5 nitrogen and oxygen atoms in total. The number of hydrogen-bond donors (Lipinski definition) is 2. The van der Waals surface area contributed by atoms with E-state index < -0.39 is 11.2 Å². The number of aromatic nitrogens is 2. The normalized spacial score (nSPS) is 10.6. The number of ether oxygens (including phenoxy) is 1. The van der Waals surface area contributed by atoms with E-state index in [1.165, 1.54) is 0 Å². The number of nitrogens with one attached hydrogen (secondary N) is 2. The summed E-state index contributed by atoms with van der Waals surface area (Å²) in [5, 5.41) is 0.415. The second-order valence-corrected chi connectivity index (χ2v) is 3.53. The first-order valence-corrected chi connectivity index (χ1v) is 5.19. The van der Waals surface area contributed by atoms with Crippen LogP contribution in [-0.2, 0) is 0 Å². The molecule has 0 saturated carbocycles. The lowest BCUT2D eigenvalue weighted by atomic mass is 10.2. The molecule has 0 saturated heterocycles. The average molecular weight is 241 g/mol. The summed E-state index contributed by atoms with van der Waals surface area (Å²) in [6.45, 7) is 0.375. The van der Waals surface area contributed by atoms with Crippen molar-refractivity contribution in [3.05, 3.63) is 39.0 Å². The molecule has 0 fully saturated rings. The largest absolute Gasteiger partial charge is 0.492 e. The molecular formula is C10H9ClN2O3. The summed E-state index contributed by atoms with van der Waals surface area (Å²) in [6.07, 6.45) is 0. The van der Waals surface area contributed by atoms with Crippen LogP contribution in [0.1, 0.15) is 0 Å². The second-order valence-electron chi connectivity index (χ2n) is 3.15. The molecule has 1 aromatic heterocycles. The fourth-order valence-electron chi connectivity index (χ4n) is 1.40. The van der Waals surface area contributed by atoms with Crippen molar-refractivity contribution in [2.24, 2.45) is 0 Å². The van der Waals surface area contributed by atoms with Gasteiger partial charge in [0.15, 0.2) is 0 Å². The van der Waals surface area contributed by atoms with Gasteiger partial charge in [0.2, 0.25) is 0 Å². The van der Waals surface area contributed by atoms with Crippen LogP contribution in [-0.4, -0.2) is 22.5 Å². The zero-order chi connectivity index (χ0) is 11.5. The number of aromatic amines is 2. The van der Waals surface area contributed by atoms with Crippen molar-refractivity contribution in [1.29, 1.82) is 0 Å². The molecule has 16 heavy (non-hydrogen) atoms. The van der Waals surface area contributed by atoms with Gasteiger partial charge in [-0.15, -0.1) is 11.6 Å². The van der Waals surface area contributed by atoms with Crippen molar-refractivity contribution < 1.29 is 4.74 Å². The Labute approximate surface area is 95.0 Å². The molecule has 1 heterocycles. The summed E-state index contributed by atoms with van der Waals surface area (Å²) >= 11 is 5.48. The summed E-state index contributed by atoms with van der Waals surface area (Å²) in [4.78, 5) is 27.1. The van der Waals surface area contributed by atoms with Gasteiger partial charge in [-0.2, -0.15) is 0 Å². The predicted octanol–water partition coefficient (Wildman–Crippen LogP) is 0.834. The smallest absolute Gasteiger partial charge is 0.326 e. The van der Waals surface area contributed by atoms with Crippen LogP contribution in [0.15, 0.2) is 27.8 Å².